The van der Waals surface area contributed by atoms with E-state index in [1.165, 1.54) is 11.1 Å². The zero-order valence-corrected chi connectivity index (χ0v) is 14.8. The fraction of sp³-hybridized carbons (Fsp3) is 0.429. The lowest BCUT2D eigenvalue weighted by molar-refractivity contribution is -0.136. The topological polar surface area (TPSA) is 45.2 Å². The van der Waals surface area contributed by atoms with Crippen LogP contribution in [0.15, 0.2) is 42.5 Å². The first-order chi connectivity index (χ1) is 12.2. The predicted octanol–water partition coefficient (Wildman–Crippen LogP) is 2.99. The quantitative estimate of drug-likeness (QED) is 0.918. The summed E-state index contributed by atoms with van der Waals surface area (Å²) in [5.41, 5.74) is 4.17. The van der Waals surface area contributed by atoms with Crippen LogP contribution in [0.1, 0.15) is 41.8 Å². The molecule has 4 rings (SSSR count). The number of hydrogen-bond donors (Lipinski definition) is 1. The van der Waals surface area contributed by atoms with Crippen LogP contribution in [-0.2, 0) is 24.3 Å². The first-order valence-corrected chi connectivity index (χ1v) is 9.20. The third-order valence-corrected chi connectivity index (χ3v) is 5.64. The van der Waals surface area contributed by atoms with Crippen LogP contribution in [0, 0.1) is 6.92 Å². The van der Waals surface area contributed by atoms with E-state index in [0.717, 1.165) is 50.2 Å². The molecule has 2 aliphatic heterocycles. The highest BCUT2D eigenvalue weighted by atomic mass is 16.2. The molecule has 1 atom stereocenters. The van der Waals surface area contributed by atoms with Crippen molar-refractivity contribution in [2.75, 3.05) is 6.54 Å². The van der Waals surface area contributed by atoms with Gasteiger partial charge in [-0.2, -0.15) is 0 Å². The van der Waals surface area contributed by atoms with E-state index in [-0.39, 0.29) is 5.91 Å². The molecule has 0 bridgehead atoms. The van der Waals surface area contributed by atoms with Gasteiger partial charge in [0.05, 0.1) is 5.69 Å². The Morgan fingerprint density at radius 3 is 2.80 bits per heavy atom. The van der Waals surface area contributed by atoms with Gasteiger partial charge < -0.3 is 5.32 Å². The van der Waals surface area contributed by atoms with Gasteiger partial charge in [0.1, 0.15) is 5.54 Å². The number of nitrogens with zero attached hydrogens (tertiary/aromatic N) is 2. The number of fused-ring (bicyclic) bond motifs is 1. The fourth-order valence-corrected chi connectivity index (χ4v) is 4.30. The van der Waals surface area contributed by atoms with E-state index in [1.54, 1.807) is 0 Å². The number of amides is 1. The van der Waals surface area contributed by atoms with Crippen LogP contribution < -0.4 is 5.32 Å². The molecule has 1 unspecified atom stereocenters. The minimum atomic E-state index is -0.448. The minimum Gasteiger partial charge on any atom is -0.350 e. The second-order valence-electron chi connectivity index (χ2n) is 7.31. The molecule has 25 heavy (non-hydrogen) atoms. The number of aromatic nitrogens is 1. The van der Waals surface area contributed by atoms with Crippen molar-refractivity contribution in [3.63, 3.8) is 0 Å². The average molecular weight is 335 g/mol. The van der Waals surface area contributed by atoms with Crippen molar-refractivity contribution in [2.45, 2.75) is 51.2 Å². The van der Waals surface area contributed by atoms with Crippen molar-refractivity contribution < 1.29 is 4.79 Å². The summed E-state index contributed by atoms with van der Waals surface area (Å²) < 4.78 is 0. The van der Waals surface area contributed by atoms with Crippen molar-refractivity contribution in [1.29, 1.82) is 0 Å². The van der Waals surface area contributed by atoms with Gasteiger partial charge in [-0.1, -0.05) is 30.3 Å². The number of carbonyl (C=O) groups is 1. The molecule has 130 valence electrons. The molecule has 2 aliphatic rings. The van der Waals surface area contributed by atoms with Gasteiger partial charge in [-0.05, 0) is 56.0 Å². The van der Waals surface area contributed by atoms with Gasteiger partial charge in [0.25, 0.3) is 0 Å². The van der Waals surface area contributed by atoms with Crippen molar-refractivity contribution in [3.05, 3.63) is 65.0 Å². The van der Waals surface area contributed by atoms with E-state index in [2.05, 4.69) is 51.6 Å². The molecule has 1 aromatic carbocycles. The second-order valence-corrected chi connectivity index (χ2v) is 7.31. The zero-order valence-electron chi connectivity index (χ0n) is 14.8. The van der Waals surface area contributed by atoms with Crippen LogP contribution in [0.2, 0.25) is 0 Å². The summed E-state index contributed by atoms with van der Waals surface area (Å²) in [6.45, 7) is 4.33. The lowest BCUT2D eigenvalue weighted by Gasteiger charge is -2.45. The summed E-state index contributed by atoms with van der Waals surface area (Å²) in [4.78, 5) is 20.2. The molecule has 0 radical (unpaired) electrons. The SMILES string of the molecule is Cc1cccc(CN2CCCCC23Cc2ccccc2CNC3=O)n1. The van der Waals surface area contributed by atoms with Crippen LogP contribution >= 0.6 is 0 Å². The van der Waals surface area contributed by atoms with Crippen LogP contribution in [0.5, 0.6) is 0 Å². The molecule has 4 nitrogen and oxygen atoms in total. The van der Waals surface area contributed by atoms with Gasteiger partial charge in [-0.3, -0.25) is 14.7 Å². The molecule has 1 N–H and O–H groups in total. The monoisotopic (exact) mass is 335 g/mol. The van der Waals surface area contributed by atoms with E-state index >= 15 is 0 Å². The molecule has 2 aromatic rings. The molecule has 4 heteroatoms. The van der Waals surface area contributed by atoms with Crippen LogP contribution in [0.4, 0.5) is 0 Å². The number of rotatable bonds is 2. The standard InChI is InChI=1S/C21H25N3O/c1-16-7-6-10-19(23-16)15-24-12-5-4-11-21(24)13-17-8-2-3-9-18(17)14-22-20(21)25/h2-3,6-10H,4-5,11-15H2,1H3,(H,22,25). The third kappa shape index (κ3) is 3.07. The lowest BCUT2D eigenvalue weighted by Crippen LogP contribution is -2.60. The van der Waals surface area contributed by atoms with E-state index in [9.17, 15) is 4.79 Å². The Labute approximate surface area is 149 Å². The Bertz CT molecular complexity index is 788. The molecular formula is C21H25N3O. The molecule has 1 spiro atoms. The Morgan fingerprint density at radius 2 is 1.96 bits per heavy atom. The first kappa shape index (κ1) is 16.3. The first-order valence-electron chi connectivity index (χ1n) is 9.20. The van der Waals surface area contributed by atoms with Crippen LogP contribution in [0.25, 0.3) is 0 Å². The molecular weight excluding hydrogens is 310 g/mol. The average Bonchev–Trinajstić information content (AvgIpc) is 2.75. The number of benzene rings is 1. The van der Waals surface area contributed by atoms with Crippen molar-refractivity contribution in [3.8, 4) is 0 Å². The van der Waals surface area contributed by atoms with Gasteiger partial charge in [-0.15, -0.1) is 0 Å². The Hall–Kier alpha value is -2.20. The Kier molecular flexibility index (Phi) is 4.30. The summed E-state index contributed by atoms with van der Waals surface area (Å²) >= 11 is 0. The van der Waals surface area contributed by atoms with Crippen LogP contribution in [-0.4, -0.2) is 27.9 Å². The maximum Gasteiger partial charge on any atom is 0.241 e. The molecule has 0 aliphatic carbocycles. The van der Waals surface area contributed by atoms with Gasteiger partial charge >= 0.3 is 0 Å². The summed E-state index contributed by atoms with van der Waals surface area (Å²) in [5.74, 6) is 0.177. The third-order valence-electron chi connectivity index (χ3n) is 5.64. The largest absolute Gasteiger partial charge is 0.350 e. The molecule has 3 heterocycles. The van der Waals surface area contributed by atoms with E-state index in [1.807, 2.05) is 13.0 Å². The maximum absolute atomic E-state index is 13.2. The fourth-order valence-electron chi connectivity index (χ4n) is 4.30. The number of likely N-dealkylation sites (tertiary alicyclic amines) is 1. The second kappa shape index (κ2) is 6.60. The van der Waals surface area contributed by atoms with E-state index in [0.29, 0.717) is 6.54 Å². The summed E-state index contributed by atoms with van der Waals surface area (Å²) in [7, 11) is 0. The van der Waals surface area contributed by atoms with E-state index < -0.39 is 5.54 Å². The van der Waals surface area contributed by atoms with Crippen molar-refractivity contribution >= 4 is 5.91 Å². The van der Waals surface area contributed by atoms with Gasteiger partial charge in [-0.25, -0.2) is 0 Å². The number of hydrogen-bond acceptors (Lipinski definition) is 3. The number of nitrogens with one attached hydrogen (secondary N) is 1. The smallest absolute Gasteiger partial charge is 0.241 e. The molecule has 1 saturated heterocycles. The highest BCUT2D eigenvalue weighted by Gasteiger charge is 2.46. The highest BCUT2D eigenvalue weighted by molar-refractivity contribution is 5.87. The van der Waals surface area contributed by atoms with Gasteiger partial charge in [0, 0.05) is 25.2 Å². The summed E-state index contributed by atoms with van der Waals surface area (Å²) in [5, 5.41) is 3.19. The zero-order chi connectivity index (χ0) is 17.3. The Morgan fingerprint density at radius 1 is 1.12 bits per heavy atom. The predicted molar refractivity (Wildman–Crippen MR) is 98.0 cm³/mol. The number of carbonyl (C=O) groups excluding carboxylic acids is 1. The van der Waals surface area contributed by atoms with Gasteiger partial charge in [0.2, 0.25) is 5.91 Å². The molecule has 0 saturated carbocycles. The van der Waals surface area contributed by atoms with Crippen molar-refractivity contribution in [2.24, 2.45) is 0 Å². The maximum atomic E-state index is 13.2. The highest BCUT2D eigenvalue weighted by Crippen LogP contribution is 2.35. The molecule has 1 aromatic heterocycles. The van der Waals surface area contributed by atoms with Crippen molar-refractivity contribution in [1.82, 2.24) is 15.2 Å². The van der Waals surface area contributed by atoms with Gasteiger partial charge in [0.15, 0.2) is 0 Å². The Balaban J connectivity index is 1.69. The lowest BCUT2D eigenvalue weighted by atomic mass is 9.80. The molecule has 1 amide bonds. The summed E-state index contributed by atoms with van der Waals surface area (Å²) in [6, 6.07) is 14.6. The van der Waals surface area contributed by atoms with E-state index in [4.69, 9.17) is 0 Å². The molecule has 1 fully saturated rings. The number of pyridine rings is 1. The van der Waals surface area contributed by atoms with Crippen LogP contribution in [0.3, 0.4) is 0 Å². The normalized spacial score (nSPS) is 23.8. The number of piperidine rings is 1. The minimum absolute atomic E-state index is 0.177. The number of aryl methyl sites for hydroxylation is 1. The summed E-state index contributed by atoms with van der Waals surface area (Å²) in [6.07, 6.45) is 3.95.